The highest BCUT2D eigenvalue weighted by molar-refractivity contribution is 5.82. The van der Waals surface area contributed by atoms with E-state index < -0.39 is 0 Å². The van der Waals surface area contributed by atoms with Crippen molar-refractivity contribution in [2.75, 3.05) is 13.2 Å². The van der Waals surface area contributed by atoms with Gasteiger partial charge in [0.05, 0.1) is 17.6 Å². The van der Waals surface area contributed by atoms with Crippen molar-refractivity contribution in [2.24, 2.45) is 0 Å². The Balaban J connectivity index is 1.68. The van der Waals surface area contributed by atoms with Crippen molar-refractivity contribution in [1.29, 1.82) is 0 Å². The molecule has 33 heavy (non-hydrogen) atoms. The smallest absolute Gasteiger partial charge is 0.252 e. The van der Waals surface area contributed by atoms with E-state index in [2.05, 4.69) is 51.4 Å². The fourth-order valence-corrected chi connectivity index (χ4v) is 5.30. The van der Waals surface area contributed by atoms with Gasteiger partial charge in [-0.1, -0.05) is 37.8 Å². The molecule has 1 fully saturated rings. The molecular weight excluding hydrogens is 416 g/mol. The Morgan fingerprint density at radius 3 is 2.73 bits per heavy atom. The minimum Gasteiger partial charge on any atom is -0.396 e. The molecule has 0 aliphatic heterocycles. The van der Waals surface area contributed by atoms with Gasteiger partial charge in [-0.15, -0.1) is 5.10 Å². The van der Waals surface area contributed by atoms with Crippen molar-refractivity contribution in [3.63, 3.8) is 0 Å². The first kappa shape index (κ1) is 23.6. The number of tetrazole rings is 1. The molecule has 0 bridgehead atoms. The Bertz CT molecular complexity index is 1130. The molecule has 0 saturated heterocycles. The highest BCUT2D eigenvalue weighted by Gasteiger charge is 2.28. The topological polar surface area (TPSA) is 99.9 Å². The van der Waals surface area contributed by atoms with Crippen LogP contribution in [-0.4, -0.2) is 48.3 Å². The summed E-state index contributed by atoms with van der Waals surface area (Å²) in [5, 5.41) is 23.4. The average molecular weight is 453 g/mol. The summed E-state index contributed by atoms with van der Waals surface area (Å²) in [5.41, 5.74) is 3.80. The number of aromatic amines is 1. The van der Waals surface area contributed by atoms with Crippen molar-refractivity contribution >= 4 is 10.9 Å². The van der Waals surface area contributed by atoms with Gasteiger partial charge in [0.25, 0.3) is 5.56 Å². The van der Waals surface area contributed by atoms with Gasteiger partial charge in [0, 0.05) is 25.3 Å². The molecule has 1 saturated carbocycles. The van der Waals surface area contributed by atoms with Gasteiger partial charge < -0.3 is 10.1 Å². The van der Waals surface area contributed by atoms with Crippen molar-refractivity contribution in [1.82, 2.24) is 30.1 Å². The minimum absolute atomic E-state index is 0.0252. The van der Waals surface area contributed by atoms with E-state index in [0.29, 0.717) is 25.6 Å². The second kappa shape index (κ2) is 10.6. The number of rotatable bonds is 9. The first-order chi connectivity index (χ1) is 16.0. The summed E-state index contributed by atoms with van der Waals surface area (Å²) in [6.07, 6.45) is 7.35. The summed E-state index contributed by atoms with van der Waals surface area (Å²) >= 11 is 0. The highest BCUT2D eigenvalue weighted by atomic mass is 16.3. The molecule has 1 aliphatic carbocycles. The number of aryl methyl sites for hydroxylation is 2. The maximum Gasteiger partial charge on any atom is 0.252 e. The summed E-state index contributed by atoms with van der Waals surface area (Å²) < 4.78 is 2.02. The van der Waals surface area contributed by atoms with Crippen LogP contribution in [-0.2, 0) is 6.54 Å². The van der Waals surface area contributed by atoms with Crippen molar-refractivity contribution in [3.05, 3.63) is 51.1 Å². The van der Waals surface area contributed by atoms with Crippen LogP contribution in [0.1, 0.15) is 86.5 Å². The van der Waals surface area contributed by atoms with Crippen molar-refractivity contribution < 1.29 is 5.11 Å². The Hall–Kier alpha value is -2.58. The third-order valence-electron chi connectivity index (χ3n) is 6.91. The normalized spacial score (nSPS) is 16.0. The Morgan fingerprint density at radius 1 is 1.21 bits per heavy atom. The monoisotopic (exact) mass is 452 g/mol. The van der Waals surface area contributed by atoms with E-state index in [0.717, 1.165) is 47.1 Å². The summed E-state index contributed by atoms with van der Waals surface area (Å²) in [6, 6.07) is 6.52. The zero-order valence-electron chi connectivity index (χ0n) is 20.0. The minimum atomic E-state index is -0.0647. The predicted octanol–water partition coefficient (Wildman–Crippen LogP) is 3.97. The molecular formula is C25H36N6O2. The predicted molar refractivity (Wildman–Crippen MR) is 129 cm³/mol. The molecule has 178 valence electrons. The van der Waals surface area contributed by atoms with Crippen LogP contribution in [0.2, 0.25) is 0 Å². The lowest BCUT2D eigenvalue weighted by Crippen LogP contribution is -2.34. The standard InChI is InChI=1S/C25H36N6O2/c1-4-22(24-27-28-29-31(24)21-9-6-5-7-10-21)30(11-8-12-32)16-20-15-19-14-17(2)13-18(3)23(19)26-25(20)33/h13-15,21-22,32H,4-12,16H2,1-3H3,(H,26,33)/t22-/m0/s1. The van der Waals surface area contributed by atoms with Crippen LogP contribution >= 0.6 is 0 Å². The molecule has 8 heteroatoms. The molecule has 0 unspecified atom stereocenters. The van der Waals surface area contributed by atoms with Crippen molar-refractivity contribution in [2.45, 2.75) is 84.3 Å². The molecule has 1 atom stereocenters. The molecule has 0 amide bonds. The third-order valence-corrected chi connectivity index (χ3v) is 6.91. The number of aliphatic hydroxyl groups excluding tert-OH is 1. The van der Waals surface area contributed by atoms with Crippen LogP contribution in [0, 0.1) is 13.8 Å². The molecule has 3 aromatic rings. The summed E-state index contributed by atoms with van der Waals surface area (Å²) in [4.78, 5) is 18.4. The van der Waals surface area contributed by atoms with E-state index in [-0.39, 0.29) is 18.2 Å². The zero-order valence-corrected chi connectivity index (χ0v) is 20.0. The summed E-state index contributed by atoms with van der Waals surface area (Å²) in [7, 11) is 0. The maximum absolute atomic E-state index is 13.0. The molecule has 4 rings (SSSR count). The van der Waals surface area contributed by atoms with Crippen LogP contribution in [0.4, 0.5) is 0 Å². The lowest BCUT2D eigenvalue weighted by molar-refractivity contribution is 0.147. The van der Waals surface area contributed by atoms with Crippen LogP contribution in [0.25, 0.3) is 10.9 Å². The van der Waals surface area contributed by atoms with Crippen LogP contribution in [0.5, 0.6) is 0 Å². The largest absolute Gasteiger partial charge is 0.396 e. The quantitative estimate of drug-likeness (QED) is 0.510. The van der Waals surface area contributed by atoms with Crippen LogP contribution < -0.4 is 5.56 Å². The SMILES string of the molecule is CC[C@@H](c1nnnn1C1CCCCC1)N(CCCO)Cc1cc2cc(C)cc(C)c2[nH]c1=O. The molecule has 1 aliphatic rings. The fourth-order valence-electron chi connectivity index (χ4n) is 5.30. The lowest BCUT2D eigenvalue weighted by Gasteiger charge is -2.32. The summed E-state index contributed by atoms with van der Waals surface area (Å²) in [6.45, 7) is 7.48. The Morgan fingerprint density at radius 2 is 2.00 bits per heavy atom. The number of fused-ring (bicyclic) bond motifs is 1. The van der Waals surface area contributed by atoms with Gasteiger partial charge >= 0.3 is 0 Å². The number of hydrogen-bond donors (Lipinski definition) is 2. The number of H-pyrrole nitrogens is 1. The van der Waals surface area contributed by atoms with E-state index in [1.54, 1.807) is 0 Å². The van der Waals surface area contributed by atoms with Gasteiger partial charge in [0.1, 0.15) is 0 Å². The van der Waals surface area contributed by atoms with Crippen molar-refractivity contribution in [3.8, 4) is 0 Å². The number of pyridine rings is 1. The van der Waals surface area contributed by atoms with Gasteiger partial charge in [-0.05, 0) is 73.0 Å². The second-order valence-electron chi connectivity index (χ2n) is 9.41. The van der Waals surface area contributed by atoms with E-state index in [4.69, 9.17) is 0 Å². The van der Waals surface area contributed by atoms with Gasteiger partial charge in [0.2, 0.25) is 0 Å². The number of nitrogens with one attached hydrogen (secondary N) is 1. The van der Waals surface area contributed by atoms with E-state index in [9.17, 15) is 9.90 Å². The molecule has 8 nitrogen and oxygen atoms in total. The van der Waals surface area contributed by atoms with Gasteiger partial charge in [-0.25, -0.2) is 4.68 Å². The number of hydrogen-bond acceptors (Lipinski definition) is 6. The Labute approximate surface area is 195 Å². The molecule has 0 radical (unpaired) electrons. The molecule has 0 spiro atoms. The van der Waals surface area contributed by atoms with Gasteiger partial charge in [0.15, 0.2) is 5.82 Å². The molecule has 2 heterocycles. The summed E-state index contributed by atoms with van der Waals surface area (Å²) in [5.74, 6) is 0.867. The third kappa shape index (κ3) is 5.17. The molecule has 2 aromatic heterocycles. The second-order valence-corrected chi connectivity index (χ2v) is 9.41. The number of benzene rings is 1. The number of aromatic nitrogens is 5. The fraction of sp³-hybridized carbons (Fsp3) is 0.600. The van der Waals surface area contributed by atoms with Gasteiger partial charge in [-0.3, -0.25) is 9.69 Å². The molecule has 1 aromatic carbocycles. The number of aliphatic hydroxyl groups is 1. The average Bonchev–Trinajstić information content (AvgIpc) is 3.29. The van der Waals surface area contributed by atoms with Crippen LogP contribution in [0.3, 0.4) is 0 Å². The first-order valence-electron chi connectivity index (χ1n) is 12.3. The zero-order chi connectivity index (χ0) is 23.4. The molecule has 2 N–H and O–H groups in total. The van der Waals surface area contributed by atoms with Gasteiger partial charge in [-0.2, -0.15) is 0 Å². The number of nitrogens with zero attached hydrogens (tertiary/aromatic N) is 5. The van der Waals surface area contributed by atoms with E-state index in [1.165, 1.54) is 24.8 Å². The highest BCUT2D eigenvalue weighted by Crippen LogP contribution is 2.32. The van der Waals surface area contributed by atoms with E-state index >= 15 is 0 Å². The van der Waals surface area contributed by atoms with Crippen LogP contribution in [0.15, 0.2) is 23.0 Å². The first-order valence-corrected chi connectivity index (χ1v) is 12.3. The Kier molecular flexibility index (Phi) is 7.55. The lowest BCUT2D eigenvalue weighted by atomic mass is 9.95. The van der Waals surface area contributed by atoms with E-state index in [1.807, 2.05) is 17.7 Å². The maximum atomic E-state index is 13.0.